The molecule has 0 bridgehead atoms. The second kappa shape index (κ2) is 13.0. The number of halogens is 1. The summed E-state index contributed by atoms with van der Waals surface area (Å²) in [5.41, 5.74) is 0.721. The van der Waals surface area contributed by atoms with Gasteiger partial charge in [-0.25, -0.2) is 21.9 Å². The minimum atomic E-state index is -4.49. The summed E-state index contributed by atoms with van der Waals surface area (Å²) in [6, 6.07) is 13.3. The van der Waals surface area contributed by atoms with Crippen molar-refractivity contribution in [3.63, 3.8) is 0 Å². The van der Waals surface area contributed by atoms with Crippen LogP contribution in [0.2, 0.25) is 0 Å². The van der Waals surface area contributed by atoms with Crippen LogP contribution in [-0.2, 0) is 20.2 Å². The number of amides is 3. The first-order valence-electron chi connectivity index (χ1n) is 14.7. The third-order valence-electron chi connectivity index (χ3n) is 8.26. The molecule has 1 atom stereocenters. The molecule has 236 valence electrons. The topological polar surface area (TPSA) is 99.3 Å². The number of fused-ring (bicyclic) bond motifs is 1. The fourth-order valence-corrected chi connectivity index (χ4v) is 7.46. The van der Waals surface area contributed by atoms with Crippen LogP contribution in [0.4, 0.5) is 20.6 Å². The minimum absolute atomic E-state index is 0.123. The van der Waals surface area contributed by atoms with E-state index >= 15 is 4.39 Å². The Morgan fingerprint density at radius 1 is 1.00 bits per heavy atom. The van der Waals surface area contributed by atoms with E-state index < -0.39 is 27.2 Å². The monoisotopic (exact) mass is 624 g/mol. The number of sulfonamides is 1. The van der Waals surface area contributed by atoms with Crippen LogP contribution in [0.15, 0.2) is 59.5 Å². The molecule has 1 N–H and O–H groups in total. The van der Waals surface area contributed by atoms with Crippen LogP contribution in [0, 0.1) is 19.7 Å². The molecule has 0 saturated heterocycles. The van der Waals surface area contributed by atoms with Gasteiger partial charge >= 0.3 is 6.03 Å². The number of ether oxygens (including phenoxy) is 1. The van der Waals surface area contributed by atoms with Crippen molar-refractivity contribution in [2.75, 3.05) is 50.5 Å². The highest BCUT2D eigenvalue weighted by Gasteiger charge is 2.56. The van der Waals surface area contributed by atoms with Gasteiger partial charge in [-0.3, -0.25) is 4.79 Å². The third-order valence-corrected chi connectivity index (χ3v) is 9.95. The van der Waals surface area contributed by atoms with Crippen LogP contribution in [0.1, 0.15) is 48.9 Å². The number of carbonyl (C=O) groups excluding carboxylic acids is 2. The number of nitrogens with one attached hydrogen (secondary N) is 1. The van der Waals surface area contributed by atoms with Gasteiger partial charge in [0, 0.05) is 30.4 Å². The van der Waals surface area contributed by atoms with Gasteiger partial charge in [0.2, 0.25) is 0 Å². The molecule has 0 spiro atoms. The largest absolute Gasteiger partial charge is 0.496 e. The summed E-state index contributed by atoms with van der Waals surface area (Å²) in [5, 5.41) is 2.83. The van der Waals surface area contributed by atoms with Crippen LogP contribution in [0.5, 0.6) is 5.75 Å². The van der Waals surface area contributed by atoms with Gasteiger partial charge in [0.05, 0.1) is 17.7 Å². The molecule has 3 aromatic rings. The zero-order valence-electron chi connectivity index (χ0n) is 26.4. The molecule has 1 aliphatic heterocycles. The second-order valence-electron chi connectivity index (χ2n) is 11.3. The molecular weight excluding hydrogens is 583 g/mol. The second-order valence-corrected chi connectivity index (χ2v) is 13.1. The number of benzene rings is 3. The Kier molecular flexibility index (Phi) is 9.70. The molecule has 1 aliphatic rings. The molecule has 11 heteroatoms. The lowest BCUT2D eigenvalue weighted by atomic mass is 9.71. The van der Waals surface area contributed by atoms with Gasteiger partial charge in [0.1, 0.15) is 17.0 Å². The highest BCUT2D eigenvalue weighted by atomic mass is 32.2. The first-order valence-corrected chi connectivity index (χ1v) is 16.1. The van der Waals surface area contributed by atoms with E-state index in [4.69, 9.17) is 4.74 Å². The van der Waals surface area contributed by atoms with Crippen LogP contribution in [-0.4, -0.2) is 71.0 Å². The summed E-state index contributed by atoms with van der Waals surface area (Å²) >= 11 is 0. The first-order chi connectivity index (χ1) is 20.8. The van der Waals surface area contributed by atoms with Gasteiger partial charge in [0.15, 0.2) is 0 Å². The van der Waals surface area contributed by atoms with E-state index in [1.54, 1.807) is 49.1 Å². The predicted molar refractivity (Wildman–Crippen MR) is 170 cm³/mol. The first kappa shape index (κ1) is 32.9. The number of anilines is 2. The van der Waals surface area contributed by atoms with E-state index in [0.29, 0.717) is 54.2 Å². The molecule has 9 nitrogen and oxygen atoms in total. The number of carbonyl (C=O) groups is 2. The van der Waals surface area contributed by atoms with E-state index in [9.17, 15) is 18.0 Å². The lowest BCUT2D eigenvalue weighted by Crippen LogP contribution is -2.44. The summed E-state index contributed by atoms with van der Waals surface area (Å²) in [5.74, 6) is -0.936. The molecule has 0 aliphatic carbocycles. The maximum Gasteiger partial charge on any atom is 0.321 e. The van der Waals surface area contributed by atoms with E-state index in [2.05, 4.69) is 5.32 Å². The Bertz CT molecular complexity index is 1670. The maximum atomic E-state index is 15.6. The van der Waals surface area contributed by atoms with E-state index in [-0.39, 0.29) is 28.6 Å². The molecule has 4 rings (SSSR count). The number of hydrogen-bond donors (Lipinski definition) is 1. The molecule has 0 fully saturated rings. The third kappa shape index (κ3) is 5.78. The van der Waals surface area contributed by atoms with Gasteiger partial charge in [0.25, 0.3) is 15.9 Å². The number of methoxy groups -OCH3 is 1. The molecule has 0 aromatic heterocycles. The standard InChI is InChI=1S/C33H41FN4O5S/c1-8-37(9-2)32(40)35-28-16-15-24(19-22(28)3)44(41,42)38-29-21-30(43-7)23(4)20-26(29)33(31(38)39,17-12-18-36(5)6)25-13-10-11-14-27(25)34/h10-11,13-16,19-21H,8-9,12,17-18H2,1-7H3,(H,35,40). The predicted octanol–water partition coefficient (Wildman–Crippen LogP) is 5.69. The smallest absolute Gasteiger partial charge is 0.321 e. The Morgan fingerprint density at radius 3 is 2.27 bits per heavy atom. The van der Waals surface area contributed by atoms with Gasteiger partial charge < -0.3 is 19.9 Å². The lowest BCUT2D eigenvalue weighted by Gasteiger charge is -2.30. The summed E-state index contributed by atoms with van der Waals surface area (Å²) in [6.45, 7) is 8.89. The molecule has 1 unspecified atom stereocenters. The number of hydrogen-bond acceptors (Lipinski definition) is 6. The maximum absolute atomic E-state index is 15.6. The molecule has 0 saturated carbocycles. The lowest BCUT2D eigenvalue weighted by molar-refractivity contribution is -0.121. The van der Waals surface area contributed by atoms with Crippen molar-refractivity contribution in [1.29, 1.82) is 0 Å². The summed E-state index contributed by atoms with van der Waals surface area (Å²) < 4.78 is 50.8. The van der Waals surface area contributed by atoms with E-state index in [1.807, 2.05) is 32.8 Å². The molecule has 3 amide bonds. The Balaban J connectivity index is 1.90. The van der Waals surface area contributed by atoms with Crippen molar-refractivity contribution in [3.8, 4) is 5.75 Å². The number of aryl methyl sites for hydroxylation is 2. The average molecular weight is 625 g/mol. The van der Waals surface area contributed by atoms with Gasteiger partial charge in [-0.15, -0.1) is 0 Å². The summed E-state index contributed by atoms with van der Waals surface area (Å²) in [6.07, 6.45) is 0.691. The Labute approximate surface area is 259 Å². The fourth-order valence-electron chi connectivity index (χ4n) is 5.90. The van der Waals surface area contributed by atoms with Crippen LogP contribution in [0.25, 0.3) is 0 Å². The van der Waals surface area contributed by atoms with Gasteiger partial charge in [-0.05, 0) is 108 Å². The molecule has 1 heterocycles. The number of urea groups is 1. The van der Waals surface area contributed by atoms with Gasteiger partial charge in [-0.2, -0.15) is 0 Å². The van der Waals surface area contributed by atoms with Crippen LogP contribution in [0.3, 0.4) is 0 Å². The average Bonchev–Trinajstić information content (AvgIpc) is 3.21. The SMILES string of the molecule is CCN(CC)C(=O)Nc1ccc(S(=O)(=O)N2C(=O)C(CCCN(C)C)(c3ccccc3F)c3cc(C)c(OC)cc32)cc1C. The molecular formula is C33H41FN4O5S. The molecule has 0 radical (unpaired) electrons. The van der Waals surface area contributed by atoms with Crippen molar-refractivity contribution in [2.24, 2.45) is 0 Å². The Hall–Kier alpha value is -3.96. The van der Waals surface area contributed by atoms with Crippen molar-refractivity contribution < 1.29 is 27.1 Å². The van der Waals surface area contributed by atoms with Crippen molar-refractivity contribution >= 4 is 33.3 Å². The number of rotatable bonds is 11. The van der Waals surface area contributed by atoms with Crippen molar-refractivity contribution in [1.82, 2.24) is 9.80 Å². The quantitative estimate of drug-likeness (QED) is 0.295. The van der Waals surface area contributed by atoms with E-state index in [1.165, 1.54) is 31.4 Å². The Morgan fingerprint density at radius 2 is 1.68 bits per heavy atom. The van der Waals surface area contributed by atoms with E-state index in [0.717, 1.165) is 4.31 Å². The summed E-state index contributed by atoms with van der Waals surface area (Å²) in [4.78, 5) is 30.8. The molecule has 3 aromatic carbocycles. The van der Waals surface area contributed by atoms with Crippen LogP contribution < -0.4 is 14.4 Å². The highest BCUT2D eigenvalue weighted by Crippen LogP contribution is 2.53. The number of nitrogens with zero attached hydrogens (tertiary/aromatic N) is 3. The molecule has 44 heavy (non-hydrogen) atoms. The fraction of sp³-hybridized carbons (Fsp3) is 0.394. The zero-order chi connectivity index (χ0) is 32.4. The zero-order valence-corrected chi connectivity index (χ0v) is 27.2. The van der Waals surface area contributed by atoms with Crippen molar-refractivity contribution in [2.45, 2.75) is 50.8 Å². The minimum Gasteiger partial charge on any atom is -0.496 e. The highest BCUT2D eigenvalue weighted by molar-refractivity contribution is 7.93. The summed E-state index contributed by atoms with van der Waals surface area (Å²) in [7, 11) is 0.789. The normalized spacial score (nSPS) is 16.3. The van der Waals surface area contributed by atoms with Crippen LogP contribution >= 0.6 is 0 Å². The van der Waals surface area contributed by atoms with Crippen molar-refractivity contribution in [3.05, 3.63) is 82.7 Å². The van der Waals surface area contributed by atoms with Gasteiger partial charge in [-0.1, -0.05) is 18.2 Å².